The number of carbonyl (C=O) groups excluding carboxylic acids is 1. The molecular formula is C15H20N2OS. The predicted molar refractivity (Wildman–Crippen MR) is 83.1 cm³/mol. The number of aryl methyl sites for hydroxylation is 2. The van der Waals surface area contributed by atoms with Crippen molar-refractivity contribution in [3.8, 4) is 0 Å². The summed E-state index contributed by atoms with van der Waals surface area (Å²) >= 11 is 1.74. The monoisotopic (exact) mass is 276 g/mol. The second kappa shape index (κ2) is 5.70. The van der Waals surface area contributed by atoms with Crippen LogP contribution in [0.2, 0.25) is 0 Å². The smallest absolute Gasteiger partial charge is 0.251 e. The number of nitrogens with one attached hydrogen (secondary N) is 2. The number of thioether (sulfide) groups is 1. The van der Waals surface area contributed by atoms with E-state index >= 15 is 0 Å². The first-order chi connectivity index (χ1) is 9.02. The van der Waals surface area contributed by atoms with Gasteiger partial charge in [-0.25, -0.2) is 0 Å². The molecule has 0 spiro atoms. The Kier molecular flexibility index (Phi) is 4.20. The first kappa shape index (κ1) is 14.0. The lowest BCUT2D eigenvalue weighted by molar-refractivity contribution is 0.0944. The van der Waals surface area contributed by atoms with E-state index in [1.165, 1.54) is 5.56 Å². The van der Waals surface area contributed by atoms with Gasteiger partial charge in [0.05, 0.1) is 0 Å². The van der Waals surface area contributed by atoms with Crippen LogP contribution in [0.1, 0.15) is 28.5 Å². The van der Waals surface area contributed by atoms with Crippen LogP contribution < -0.4 is 5.32 Å². The average Bonchev–Trinajstić information content (AvgIpc) is 2.65. The van der Waals surface area contributed by atoms with E-state index in [1.54, 1.807) is 11.8 Å². The maximum absolute atomic E-state index is 12.2. The third kappa shape index (κ3) is 2.95. The molecule has 0 saturated carbocycles. The Labute approximate surface area is 118 Å². The van der Waals surface area contributed by atoms with Crippen LogP contribution in [0, 0.1) is 13.8 Å². The highest BCUT2D eigenvalue weighted by atomic mass is 32.2. The average molecular weight is 276 g/mol. The van der Waals surface area contributed by atoms with Crippen LogP contribution in [0.15, 0.2) is 18.2 Å². The lowest BCUT2D eigenvalue weighted by atomic mass is 10.1. The number of H-pyrrole nitrogens is 1. The van der Waals surface area contributed by atoms with E-state index in [-0.39, 0.29) is 11.9 Å². The third-order valence-electron chi connectivity index (χ3n) is 3.36. The van der Waals surface area contributed by atoms with Crippen LogP contribution in [-0.2, 0) is 0 Å². The van der Waals surface area contributed by atoms with Gasteiger partial charge in [-0.15, -0.1) is 0 Å². The van der Waals surface area contributed by atoms with Crippen LogP contribution in [0.25, 0.3) is 10.9 Å². The van der Waals surface area contributed by atoms with Crippen LogP contribution >= 0.6 is 11.8 Å². The van der Waals surface area contributed by atoms with E-state index in [2.05, 4.69) is 24.1 Å². The van der Waals surface area contributed by atoms with Crippen molar-refractivity contribution in [3.05, 3.63) is 35.0 Å². The van der Waals surface area contributed by atoms with Gasteiger partial charge in [-0.05, 0) is 50.8 Å². The maximum Gasteiger partial charge on any atom is 0.251 e. The number of carbonyl (C=O) groups is 1. The second-order valence-electron chi connectivity index (χ2n) is 4.97. The highest BCUT2D eigenvalue weighted by Gasteiger charge is 2.11. The van der Waals surface area contributed by atoms with Crippen molar-refractivity contribution < 1.29 is 4.79 Å². The molecule has 0 aliphatic rings. The van der Waals surface area contributed by atoms with Gasteiger partial charge in [0.2, 0.25) is 0 Å². The second-order valence-corrected chi connectivity index (χ2v) is 5.88. The van der Waals surface area contributed by atoms with Gasteiger partial charge in [-0.2, -0.15) is 11.8 Å². The molecule has 1 aromatic heterocycles. The van der Waals surface area contributed by atoms with E-state index in [0.717, 1.165) is 27.9 Å². The predicted octanol–water partition coefficient (Wildman–Crippen LogP) is 3.27. The Morgan fingerprint density at radius 2 is 2.16 bits per heavy atom. The SMILES string of the molecule is CSCC(C)NC(=O)c1ccc2[nH]c(C)c(C)c2c1. The molecule has 4 heteroatoms. The Hall–Kier alpha value is -1.42. The van der Waals surface area contributed by atoms with Gasteiger partial charge in [-0.1, -0.05) is 0 Å². The lowest BCUT2D eigenvalue weighted by Crippen LogP contribution is -2.34. The van der Waals surface area contributed by atoms with Crippen molar-refractivity contribution in [3.63, 3.8) is 0 Å². The van der Waals surface area contributed by atoms with Gasteiger partial charge in [0, 0.05) is 34.0 Å². The maximum atomic E-state index is 12.2. The summed E-state index contributed by atoms with van der Waals surface area (Å²) in [6, 6.07) is 6.00. The zero-order valence-corrected chi connectivity index (χ0v) is 12.6. The molecule has 2 rings (SSSR count). The zero-order valence-electron chi connectivity index (χ0n) is 11.8. The fraction of sp³-hybridized carbons (Fsp3) is 0.400. The molecule has 0 radical (unpaired) electrons. The molecule has 0 saturated heterocycles. The number of benzene rings is 1. The number of amides is 1. The van der Waals surface area contributed by atoms with Crippen molar-refractivity contribution in [2.24, 2.45) is 0 Å². The summed E-state index contributed by atoms with van der Waals surface area (Å²) in [5, 5.41) is 4.15. The number of hydrogen-bond donors (Lipinski definition) is 2. The van der Waals surface area contributed by atoms with Gasteiger partial charge in [0.1, 0.15) is 0 Å². The summed E-state index contributed by atoms with van der Waals surface area (Å²) in [4.78, 5) is 15.5. The number of aromatic nitrogens is 1. The van der Waals surface area contributed by atoms with Crippen LogP contribution in [0.4, 0.5) is 0 Å². The Morgan fingerprint density at radius 1 is 1.42 bits per heavy atom. The van der Waals surface area contributed by atoms with E-state index in [9.17, 15) is 4.79 Å². The third-order valence-corrected chi connectivity index (χ3v) is 4.20. The van der Waals surface area contributed by atoms with E-state index in [4.69, 9.17) is 0 Å². The van der Waals surface area contributed by atoms with Crippen molar-refractivity contribution in [1.82, 2.24) is 10.3 Å². The van der Waals surface area contributed by atoms with Gasteiger partial charge in [0.25, 0.3) is 5.91 Å². The number of hydrogen-bond acceptors (Lipinski definition) is 2. The molecule has 1 heterocycles. The summed E-state index contributed by atoms with van der Waals surface area (Å²) in [7, 11) is 0. The minimum absolute atomic E-state index is 0.00158. The minimum atomic E-state index is 0.00158. The standard InChI is InChI=1S/C15H20N2OS/c1-9(8-19-4)16-15(18)12-5-6-14-13(7-12)10(2)11(3)17-14/h5-7,9,17H,8H2,1-4H3,(H,16,18). The highest BCUT2D eigenvalue weighted by Crippen LogP contribution is 2.22. The molecule has 0 aliphatic heterocycles. The molecule has 3 nitrogen and oxygen atoms in total. The highest BCUT2D eigenvalue weighted by molar-refractivity contribution is 7.98. The molecule has 1 atom stereocenters. The summed E-state index contributed by atoms with van der Waals surface area (Å²) in [6.45, 7) is 6.15. The first-order valence-electron chi connectivity index (χ1n) is 6.41. The quantitative estimate of drug-likeness (QED) is 0.900. The largest absolute Gasteiger partial charge is 0.358 e. The Morgan fingerprint density at radius 3 is 2.84 bits per heavy atom. The van der Waals surface area contributed by atoms with Crippen LogP contribution in [0.3, 0.4) is 0 Å². The van der Waals surface area contributed by atoms with Crippen LogP contribution in [-0.4, -0.2) is 28.9 Å². The van der Waals surface area contributed by atoms with E-state index < -0.39 is 0 Å². The van der Waals surface area contributed by atoms with Crippen LogP contribution in [0.5, 0.6) is 0 Å². The minimum Gasteiger partial charge on any atom is -0.358 e. The summed E-state index contributed by atoms with van der Waals surface area (Å²) in [6.07, 6.45) is 2.04. The molecule has 0 bridgehead atoms. The topological polar surface area (TPSA) is 44.9 Å². The molecule has 2 aromatic rings. The van der Waals surface area contributed by atoms with E-state index in [1.807, 2.05) is 31.4 Å². The van der Waals surface area contributed by atoms with Crippen molar-refractivity contribution in [2.75, 3.05) is 12.0 Å². The number of fused-ring (bicyclic) bond motifs is 1. The molecule has 2 N–H and O–H groups in total. The summed E-state index contributed by atoms with van der Waals surface area (Å²) in [5.41, 5.74) is 4.18. The molecule has 0 aliphatic carbocycles. The van der Waals surface area contributed by atoms with Crippen molar-refractivity contribution in [1.29, 1.82) is 0 Å². The Balaban J connectivity index is 2.25. The molecule has 102 valence electrons. The van der Waals surface area contributed by atoms with Crippen molar-refractivity contribution in [2.45, 2.75) is 26.8 Å². The van der Waals surface area contributed by atoms with Crippen molar-refractivity contribution >= 4 is 28.6 Å². The van der Waals surface area contributed by atoms with Gasteiger partial charge in [-0.3, -0.25) is 4.79 Å². The molecule has 19 heavy (non-hydrogen) atoms. The first-order valence-corrected chi connectivity index (χ1v) is 7.81. The summed E-state index contributed by atoms with van der Waals surface area (Å²) in [5.74, 6) is 0.928. The fourth-order valence-corrected chi connectivity index (χ4v) is 2.78. The molecule has 1 amide bonds. The van der Waals surface area contributed by atoms with Gasteiger partial charge < -0.3 is 10.3 Å². The molecule has 1 aromatic carbocycles. The normalized spacial score (nSPS) is 12.6. The molecular weight excluding hydrogens is 256 g/mol. The zero-order chi connectivity index (χ0) is 14.0. The van der Waals surface area contributed by atoms with Gasteiger partial charge in [0.15, 0.2) is 0 Å². The lowest BCUT2D eigenvalue weighted by Gasteiger charge is -2.12. The Bertz CT molecular complexity index is 603. The van der Waals surface area contributed by atoms with E-state index in [0.29, 0.717) is 0 Å². The molecule has 0 fully saturated rings. The number of rotatable bonds is 4. The molecule has 1 unspecified atom stereocenters. The van der Waals surface area contributed by atoms with Gasteiger partial charge >= 0.3 is 0 Å². The summed E-state index contributed by atoms with van der Waals surface area (Å²) < 4.78 is 0. The fourth-order valence-electron chi connectivity index (χ4n) is 2.20. The number of aromatic amines is 1.